The summed E-state index contributed by atoms with van der Waals surface area (Å²) in [5.41, 5.74) is 0.834. The summed E-state index contributed by atoms with van der Waals surface area (Å²) in [5.74, 6) is -1.10. The van der Waals surface area contributed by atoms with Gasteiger partial charge in [-0.3, -0.25) is 4.79 Å². The highest BCUT2D eigenvalue weighted by atomic mass is 35.5. The van der Waals surface area contributed by atoms with Crippen LogP contribution in [0.2, 0.25) is 10.0 Å². The molecule has 2 aromatic rings. The molecule has 0 aliphatic carbocycles. The summed E-state index contributed by atoms with van der Waals surface area (Å²) >= 11 is 12.1. The van der Waals surface area contributed by atoms with Crippen molar-refractivity contribution < 1.29 is 19.4 Å². The summed E-state index contributed by atoms with van der Waals surface area (Å²) in [6.45, 7) is 2.23. The monoisotopic (exact) mass is 353 g/mol. The van der Waals surface area contributed by atoms with Crippen molar-refractivity contribution in [2.45, 2.75) is 6.92 Å². The molecule has 5 nitrogen and oxygen atoms in total. The van der Waals surface area contributed by atoms with Crippen LogP contribution in [0.5, 0.6) is 5.75 Å². The first-order valence-corrected chi connectivity index (χ1v) is 7.44. The molecular weight excluding hydrogens is 341 g/mol. The van der Waals surface area contributed by atoms with Gasteiger partial charge in [0, 0.05) is 11.3 Å². The van der Waals surface area contributed by atoms with E-state index in [2.05, 4.69) is 5.32 Å². The summed E-state index contributed by atoms with van der Waals surface area (Å²) in [5, 5.41) is 12.1. The van der Waals surface area contributed by atoms with Crippen molar-refractivity contribution in [3.8, 4) is 5.75 Å². The zero-order chi connectivity index (χ0) is 17.0. The summed E-state index contributed by atoms with van der Waals surface area (Å²) in [6.07, 6.45) is 0. The van der Waals surface area contributed by atoms with E-state index in [1.807, 2.05) is 6.92 Å². The third kappa shape index (κ3) is 4.15. The highest BCUT2D eigenvalue weighted by Crippen LogP contribution is 2.36. The highest BCUT2D eigenvalue weighted by Gasteiger charge is 2.12. The highest BCUT2D eigenvalue weighted by molar-refractivity contribution is 6.37. The van der Waals surface area contributed by atoms with Crippen LogP contribution in [0.15, 0.2) is 36.4 Å². The Morgan fingerprint density at radius 1 is 1.09 bits per heavy atom. The van der Waals surface area contributed by atoms with Crippen LogP contribution in [0.25, 0.3) is 0 Å². The van der Waals surface area contributed by atoms with Gasteiger partial charge in [0.25, 0.3) is 5.91 Å². The number of carboxylic acid groups (broad SMARTS) is 1. The first-order valence-electron chi connectivity index (χ1n) is 6.69. The lowest BCUT2D eigenvalue weighted by Gasteiger charge is -2.11. The molecule has 2 rings (SSSR count). The number of hydrogen-bond donors (Lipinski definition) is 2. The zero-order valence-corrected chi connectivity index (χ0v) is 13.6. The van der Waals surface area contributed by atoms with Crippen molar-refractivity contribution in [2.24, 2.45) is 0 Å². The molecule has 0 saturated heterocycles. The number of carbonyl (C=O) groups is 2. The van der Waals surface area contributed by atoms with Gasteiger partial charge >= 0.3 is 5.97 Å². The van der Waals surface area contributed by atoms with Crippen LogP contribution in [0.1, 0.15) is 27.6 Å². The van der Waals surface area contributed by atoms with Gasteiger partial charge in [-0.05, 0) is 43.3 Å². The van der Waals surface area contributed by atoms with Crippen molar-refractivity contribution in [3.05, 3.63) is 57.6 Å². The molecule has 0 bridgehead atoms. The number of rotatable bonds is 5. The molecule has 0 spiro atoms. The summed E-state index contributed by atoms with van der Waals surface area (Å²) in [7, 11) is 0. The van der Waals surface area contributed by atoms with Gasteiger partial charge in [0.15, 0.2) is 5.75 Å². The summed E-state index contributed by atoms with van der Waals surface area (Å²) in [4.78, 5) is 22.9. The minimum atomic E-state index is -1.05. The van der Waals surface area contributed by atoms with Crippen LogP contribution in [0.3, 0.4) is 0 Å². The minimum absolute atomic E-state index is 0.105. The quantitative estimate of drug-likeness (QED) is 0.837. The van der Waals surface area contributed by atoms with E-state index < -0.39 is 11.9 Å². The third-order valence-corrected chi connectivity index (χ3v) is 3.50. The van der Waals surface area contributed by atoms with Crippen LogP contribution in [-0.2, 0) is 0 Å². The van der Waals surface area contributed by atoms with Crippen LogP contribution in [0.4, 0.5) is 5.69 Å². The number of aromatic carboxylic acids is 1. The van der Waals surface area contributed by atoms with Crippen LogP contribution in [-0.4, -0.2) is 23.6 Å². The van der Waals surface area contributed by atoms with E-state index in [1.54, 1.807) is 0 Å². The smallest absolute Gasteiger partial charge is 0.335 e. The molecule has 1 amide bonds. The van der Waals surface area contributed by atoms with Gasteiger partial charge in [-0.25, -0.2) is 4.79 Å². The second kappa shape index (κ2) is 7.35. The van der Waals surface area contributed by atoms with Gasteiger partial charge in [0.05, 0.1) is 22.2 Å². The molecule has 120 valence electrons. The topological polar surface area (TPSA) is 75.6 Å². The van der Waals surface area contributed by atoms with Crippen LogP contribution >= 0.6 is 23.2 Å². The minimum Gasteiger partial charge on any atom is -0.491 e. The summed E-state index contributed by atoms with van der Waals surface area (Å²) in [6, 6.07) is 8.63. The van der Waals surface area contributed by atoms with E-state index in [0.717, 1.165) is 0 Å². The van der Waals surface area contributed by atoms with Crippen LogP contribution < -0.4 is 10.1 Å². The maximum atomic E-state index is 12.2. The Kier molecular flexibility index (Phi) is 5.47. The molecule has 0 saturated carbocycles. The molecule has 0 heterocycles. The fourth-order valence-corrected chi connectivity index (χ4v) is 2.48. The predicted octanol–water partition coefficient (Wildman–Crippen LogP) is 4.34. The van der Waals surface area contributed by atoms with Gasteiger partial charge in [0.1, 0.15) is 0 Å². The van der Waals surface area contributed by atoms with Gasteiger partial charge in [-0.1, -0.05) is 23.2 Å². The Morgan fingerprint density at radius 2 is 1.61 bits per heavy atom. The van der Waals surface area contributed by atoms with E-state index in [4.69, 9.17) is 33.0 Å². The normalized spacial score (nSPS) is 10.2. The molecule has 7 heteroatoms. The van der Waals surface area contributed by atoms with Crippen molar-refractivity contribution in [3.63, 3.8) is 0 Å². The number of nitrogens with one attached hydrogen (secondary N) is 1. The predicted molar refractivity (Wildman–Crippen MR) is 89.0 cm³/mol. The fraction of sp³-hybridized carbons (Fsp3) is 0.125. The number of carbonyl (C=O) groups excluding carboxylic acids is 1. The standard InChI is InChI=1S/C16H13Cl2NO4/c1-2-23-14-12(17)7-11(8-13(14)18)19-15(20)9-3-5-10(6-4-9)16(21)22/h3-8H,2H2,1H3,(H,19,20)(H,21,22). The lowest BCUT2D eigenvalue weighted by molar-refractivity contribution is 0.0696. The van der Waals surface area contributed by atoms with E-state index >= 15 is 0 Å². The van der Waals surface area contributed by atoms with Crippen molar-refractivity contribution >= 4 is 40.8 Å². The van der Waals surface area contributed by atoms with E-state index in [9.17, 15) is 9.59 Å². The number of ether oxygens (including phenoxy) is 1. The Bertz CT molecular complexity index is 721. The number of anilines is 1. The Labute approximate surface area is 142 Å². The summed E-state index contributed by atoms with van der Waals surface area (Å²) < 4.78 is 5.32. The average Bonchev–Trinajstić information content (AvgIpc) is 2.51. The van der Waals surface area contributed by atoms with Crippen molar-refractivity contribution in [1.29, 1.82) is 0 Å². The molecule has 2 aromatic carbocycles. The van der Waals surface area contributed by atoms with Crippen molar-refractivity contribution in [2.75, 3.05) is 11.9 Å². The SMILES string of the molecule is CCOc1c(Cl)cc(NC(=O)c2ccc(C(=O)O)cc2)cc1Cl. The van der Waals surface area contributed by atoms with Gasteiger partial charge < -0.3 is 15.2 Å². The zero-order valence-electron chi connectivity index (χ0n) is 12.1. The second-order valence-corrected chi connectivity index (χ2v) is 5.35. The molecule has 23 heavy (non-hydrogen) atoms. The first kappa shape index (κ1) is 17.1. The van der Waals surface area contributed by atoms with E-state index in [1.165, 1.54) is 36.4 Å². The molecule has 0 radical (unpaired) electrons. The number of carboxylic acids is 1. The largest absolute Gasteiger partial charge is 0.491 e. The molecule has 2 N–H and O–H groups in total. The van der Waals surface area contributed by atoms with E-state index in [0.29, 0.717) is 23.6 Å². The van der Waals surface area contributed by atoms with Gasteiger partial charge in [-0.2, -0.15) is 0 Å². The molecule has 0 unspecified atom stereocenters. The lowest BCUT2D eigenvalue weighted by Crippen LogP contribution is -2.12. The fourth-order valence-electron chi connectivity index (χ4n) is 1.88. The van der Waals surface area contributed by atoms with E-state index in [-0.39, 0.29) is 15.6 Å². The molecule has 0 atom stereocenters. The maximum absolute atomic E-state index is 12.2. The van der Waals surface area contributed by atoms with Gasteiger partial charge in [-0.15, -0.1) is 0 Å². The second-order valence-electron chi connectivity index (χ2n) is 4.54. The molecule has 0 aromatic heterocycles. The third-order valence-electron chi connectivity index (χ3n) is 2.94. The molecular formula is C16H13Cl2NO4. The average molecular weight is 354 g/mol. The Morgan fingerprint density at radius 3 is 2.09 bits per heavy atom. The first-order chi connectivity index (χ1) is 10.9. The Balaban J connectivity index is 2.18. The Hall–Kier alpha value is -2.24. The number of benzene rings is 2. The number of amides is 1. The number of halogens is 2. The molecule has 0 fully saturated rings. The van der Waals surface area contributed by atoms with Crippen LogP contribution in [0, 0.1) is 0 Å². The molecule has 0 aliphatic heterocycles. The molecule has 0 aliphatic rings. The maximum Gasteiger partial charge on any atom is 0.335 e. The lowest BCUT2D eigenvalue weighted by atomic mass is 10.1. The van der Waals surface area contributed by atoms with Gasteiger partial charge in [0.2, 0.25) is 0 Å². The number of hydrogen-bond acceptors (Lipinski definition) is 3. The van der Waals surface area contributed by atoms with Crippen molar-refractivity contribution in [1.82, 2.24) is 0 Å².